The molecule has 0 fully saturated rings. The normalized spacial score (nSPS) is 10.9. The fourth-order valence-corrected chi connectivity index (χ4v) is 3.43. The van der Waals surface area contributed by atoms with Crippen molar-refractivity contribution in [2.45, 2.75) is 13.3 Å². The number of carbonyl (C=O) groups excluding carboxylic acids is 1. The third-order valence-electron chi connectivity index (χ3n) is 4.70. The van der Waals surface area contributed by atoms with E-state index in [9.17, 15) is 14.9 Å². The highest BCUT2D eigenvalue weighted by Crippen LogP contribution is 2.32. The molecule has 0 aliphatic rings. The van der Waals surface area contributed by atoms with Gasteiger partial charge in [-0.3, -0.25) is 14.9 Å². The molecule has 4 aromatic rings. The highest BCUT2D eigenvalue weighted by molar-refractivity contribution is 6.33. The highest BCUT2D eigenvalue weighted by Gasteiger charge is 2.19. The van der Waals surface area contributed by atoms with Crippen LogP contribution in [-0.4, -0.2) is 22.3 Å². The minimum absolute atomic E-state index is 0.0372. The van der Waals surface area contributed by atoms with Crippen LogP contribution in [0.1, 0.15) is 22.8 Å². The molecule has 0 saturated carbocycles. The number of nitro benzene ring substituents is 1. The second kappa shape index (κ2) is 8.57. The Balaban J connectivity index is 1.62. The quantitative estimate of drug-likeness (QED) is 0.204. The number of Topliss-reactive ketones (excluding diaryl/α,β-unsaturated/α-hetero) is 1. The van der Waals surface area contributed by atoms with Gasteiger partial charge in [-0.1, -0.05) is 29.8 Å². The van der Waals surface area contributed by atoms with Gasteiger partial charge in [-0.05, 0) is 48.9 Å². The van der Waals surface area contributed by atoms with Crippen LogP contribution in [0.3, 0.4) is 0 Å². The molecule has 0 bridgehead atoms. The number of benzene rings is 3. The fourth-order valence-electron chi connectivity index (χ4n) is 3.23. The average Bonchev–Trinajstić information content (AvgIpc) is 3.19. The molecule has 1 aromatic heterocycles. The van der Waals surface area contributed by atoms with Gasteiger partial charge in [0.25, 0.3) is 0 Å². The van der Waals surface area contributed by atoms with Crippen molar-refractivity contribution >= 4 is 34.2 Å². The smallest absolute Gasteiger partial charge is 0.311 e. The molecule has 0 spiro atoms. The zero-order valence-corrected chi connectivity index (χ0v) is 17.3. The molecule has 0 aliphatic heterocycles. The number of halogens is 1. The van der Waals surface area contributed by atoms with Crippen molar-refractivity contribution in [3.63, 3.8) is 0 Å². The highest BCUT2D eigenvalue weighted by atomic mass is 35.5. The van der Waals surface area contributed by atoms with E-state index in [4.69, 9.17) is 20.8 Å². The van der Waals surface area contributed by atoms with Crippen LogP contribution in [0, 0.1) is 10.1 Å². The van der Waals surface area contributed by atoms with Crippen molar-refractivity contribution in [3.05, 3.63) is 86.9 Å². The first-order valence-corrected chi connectivity index (χ1v) is 9.93. The summed E-state index contributed by atoms with van der Waals surface area (Å²) in [5.41, 5.74) is 2.59. The molecular formula is C23H17ClN2O5. The molecule has 4 rings (SSSR count). The summed E-state index contributed by atoms with van der Waals surface area (Å²) in [5.74, 6) is 0.225. The van der Waals surface area contributed by atoms with E-state index in [1.54, 1.807) is 25.1 Å². The lowest BCUT2D eigenvalue weighted by Crippen LogP contribution is -2.06. The molecule has 31 heavy (non-hydrogen) atoms. The first-order valence-electron chi connectivity index (χ1n) is 9.55. The van der Waals surface area contributed by atoms with E-state index in [2.05, 4.69) is 4.98 Å². The summed E-state index contributed by atoms with van der Waals surface area (Å²) >= 11 is 6.34. The number of ketones is 1. The summed E-state index contributed by atoms with van der Waals surface area (Å²) in [6.07, 6.45) is 0.0372. The number of hydrogen-bond acceptors (Lipinski definition) is 6. The summed E-state index contributed by atoms with van der Waals surface area (Å²) in [5, 5.41) is 11.8. The summed E-state index contributed by atoms with van der Waals surface area (Å²) in [6, 6.07) is 16.7. The number of fused-ring (bicyclic) bond motifs is 1. The Labute approximate surface area is 182 Å². The lowest BCUT2D eigenvalue weighted by atomic mass is 10.0. The first kappa shape index (κ1) is 20.6. The Morgan fingerprint density at radius 1 is 1.16 bits per heavy atom. The molecule has 8 heteroatoms. The van der Waals surface area contributed by atoms with Crippen molar-refractivity contribution in [1.82, 2.24) is 4.98 Å². The summed E-state index contributed by atoms with van der Waals surface area (Å²) in [6.45, 7) is 2.02. The van der Waals surface area contributed by atoms with Crippen molar-refractivity contribution in [2.24, 2.45) is 0 Å². The largest absolute Gasteiger partial charge is 0.487 e. The summed E-state index contributed by atoms with van der Waals surface area (Å²) in [7, 11) is 0. The van der Waals surface area contributed by atoms with Crippen LogP contribution >= 0.6 is 11.6 Å². The Hall–Kier alpha value is -3.71. The Kier molecular flexibility index (Phi) is 5.68. The van der Waals surface area contributed by atoms with Gasteiger partial charge in [0.1, 0.15) is 5.52 Å². The number of nitrogens with zero attached hydrogens (tertiary/aromatic N) is 2. The molecule has 1 heterocycles. The molecule has 0 saturated heterocycles. The molecule has 0 radical (unpaired) electrons. The maximum atomic E-state index is 12.8. The SMILES string of the molecule is CCOc1ccc(C(=O)Cc2ccc(Cl)c(-c3nc4ccccc4o3)c2)cc1[N+](=O)[O-]. The summed E-state index contributed by atoms with van der Waals surface area (Å²) < 4.78 is 11.1. The van der Waals surface area contributed by atoms with Gasteiger partial charge in [0.15, 0.2) is 17.1 Å². The van der Waals surface area contributed by atoms with Crippen LogP contribution in [0.5, 0.6) is 5.75 Å². The van der Waals surface area contributed by atoms with E-state index in [0.717, 1.165) is 0 Å². The van der Waals surface area contributed by atoms with Gasteiger partial charge in [0.2, 0.25) is 5.89 Å². The second-order valence-corrected chi connectivity index (χ2v) is 7.18. The average molecular weight is 437 g/mol. The molecule has 0 aliphatic carbocycles. The van der Waals surface area contributed by atoms with Crippen LogP contribution in [0.2, 0.25) is 5.02 Å². The predicted molar refractivity (Wildman–Crippen MR) is 117 cm³/mol. The number of para-hydroxylation sites is 2. The molecule has 7 nitrogen and oxygen atoms in total. The molecule has 0 unspecified atom stereocenters. The van der Waals surface area contributed by atoms with E-state index in [1.807, 2.05) is 24.3 Å². The van der Waals surface area contributed by atoms with Gasteiger partial charge in [-0.2, -0.15) is 0 Å². The van der Waals surface area contributed by atoms with E-state index in [0.29, 0.717) is 33.1 Å². The van der Waals surface area contributed by atoms with Crippen molar-refractivity contribution in [2.75, 3.05) is 6.61 Å². The van der Waals surface area contributed by atoms with Gasteiger partial charge in [0.05, 0.1) is 22.1 Å². The van der Waals surface area contributed by atoms with E-state index in [-0.39, 0.29) is 35.8 Å². The van der Waals surface area contributed by atoms with Crippen LogP contribution in [0.25, 0.3) is 22.6 Å². The molecular weight excluding hydrogens is 420 g/mol. The maximum absolute atomic E-state index is 12.8. The van der Waals surface area contributed by atoms with Crippen LogP contribution in [-0.2, 0) is 6.42 Å². The number of ether oxygens (including phenoxy) is 1. The number of carbonyl (C=O) groups is 1. The number of aromatic nitrogens is 1. The zero-order chi connectivity index (χ0) is 22.0. The minimum atomic E-state index is -0.560. The first-order chi connectivity index (χ1) is 15.0. The molecule has 3 aromatic carbocycles. The second-order valence-electron chi connectivity index (χ2n) is 6.77. The lowest BCUT2D eigenvalue weighted by Gasteiger charge is -2.07. The van der Waals surface area contributed by atoms with Crippen LogP contribution in [0.4, 0.5) is 5.69 Å². The number of hydrogen-bond donors (Lipinski definition) is 0. The van der Waals surface area contributed by atoms with E-state index >= 15 is 0 Å². The Morgan fingerprint density at radius 3 is 2.71 bits per heavy atom. The topological polar surface area (TPSA) is 95.5 Å². The maximum Gasteiger partial charge on any atom is 0.311 e. The Morgan fingerprint density at radius 2 is 1.97 bits per heavy atom. The standard InChI is InChI=1S/C23H17ClN2O5/c1-2-30-22-10-8-15(13-19(22)26(28)29)20(27)12-14-7-9-17(24)16(11-14)23-25-18-5-3-4-6-21(18)31-23/h3-11,13H,2,12H2,1H3. The van der Waals surface area contributed by atoms with Gasteiger partial charge < -0.3 is 9.15 Å². The molecule has 156 valence electrons. The van der Waals surface area contributed by atoms with Gasteiger partial charge in [-0.15, -0.1) is 0 Å². The third-order valence-corrected chi connectivity index (χ3v) is 5.03. The zero-order valence-electron chi connectivity index (χ0n) is 16.5. The number of oxazole rings is 1. The Bertz CT molecular complexity index is 1270. The van der Waals surface area contributed by atoms with Gasteiger partial charge >= 0.3 is 5.69 Å². The van der Waals surface area contributed by atoms with E-state index < -0.39 is 4.92 Å². The molecule has 0 atom stereocenters. The van der Waals surface area contributed by atoms with Crippen LogP contribution < -0.4 is 4.74 Å². The molecule has 0 amide bonds. The van der Waals surface area contributed by atoms with Crippen molar-refractivity contribution in [3.8, 4) is 17.2 Å². The summed E-state index contributed by atoms with van der Waals surface area (Å²) in [4.78, 5) is 28.0. The number of nitro groups is 1. The van der Waals surface area contributed by atoms with E-state index in [1.165, 1.54) is 18.2 Å². The van der Waals surface area contributed by atoms with Crippen LogP contribution in [0.15, 0.2) is 65.1 Å². The predicted octanol–water partition coefficient (Wildman–Crippen LogP) is 5.88. The lowest BCUT2D eigenvalue weighted by molar-refractivity contribution is -0.385. The number of rotatable bonds is 7. The molecule has 0 N–H and O–H groups in total. The van der Waals surface area contributed by atoms with Crippen molar-refractivity contribution < 1.29 is 18.9 Å². The minimum Gasteiger partial charge on any atom is -0.487 e. The van der Waals surface area contributed by atoms with Crippen molar-refractivity contribution in [1.29, 1.82) is 0 Å². The van der Waals surface area contributed by atoms with Gasteiger partial charge in [-0.25, -0.2) is 4.98 Å². The fraction of sp³-hybridized carbons (Fsp3) is 0.130. The third kappa shape index (κ3) is 4.27. The monoisotopic (exact) mass is 436 g/mol. The van der Waals surface area contributed by atoms with Gasteiger partial charge in [0, 0.05) is 18.1 Å².